The van der Waals surface area contributed by atoms with Crippen LogP contribution in [0.5, 0.6) is 0 Å². The van der Waals surface area contributed by atoms with E-state index in [2.05, 4.69) is 46.8 Å². The van der Waals surface area contributed by atoms with E-state index >= 15 is 0 Å². The van der Waals surface area contributed by atoms with Gasteiger partial charge in [0.25, 0.3) is 0 Å². The lowest BCUT2D eigenvalue weighted by molar-refractivity contribution is 1.21. The molecule has 3 aromatic rings. The Morgan fingerprint density at radius 1 is 1.28 bits per heavy atom. The molecule has 0 saturated carbocycles. The summed E-state index contributed by atoms with van der Waals surface area (Å²) in [5, 5.41) is 2.14. The third-order valence-corrected chi connectivity index (χ3v) is 4.31. The van der Waals surface area contributed by atoms with E-state index < -0.39 is 0 Å². The van der Waals surface area contributed by atoms with E-state index in [0.29, 0.717) is 5.88 Å². The van der Waals surface area contributed by atoms with Crippen LogP contribution in [-0.2, 0) is 5.88 Å². The van der Waals surface area contributed by atoms with Gasteiger partial charge in [0.2, 0.25) is 0 Å². The van der Waals surface area contributed by atoms with E-state index in [1.807, 2.05) is 6.20 Å². The molecule has 0 amide bonds. The van der Waals surface area contributed by atoms with Crippen LogP contribution < -0.4 is 0 Å². The van der Waals surface area contributed by atoms with Crippen LogP contribution in [0, 0.1) is 13.8 Å². The maximum Gasteiger partial charge on any atom is 0.194 e. The van der Waals surface area contributed by atoms with Gasteiger partial charge in [0.15, 0.2) is 4.96 Å². The van der Waals surface area contributed by atoms with Gasteiger partial charge in [-0.15, -0.1) is 22.9 Å². The van der Waals surface area contributed by atoms with Gasteiger partial charge >= 0.3 is 0 Å². The molecule has 0 aliphatic rings. The van der Waals surface area contributed by atoms with E-state index in [9.17, 15) is 0 Å². The number of fused-ring (bicyclic) bond motifs is 1. The molecule has 0 spiro atoms. The number of rotatable bonds is 2. The number of benzene rings is 1. The molecule has 0 N–H and O–H groups in total. The molecular formula is C14H13ClN2S. The summed E-state index contributed by atoms with van der Waals surface area (Å²) < 4.78 is 2.12. The molecule has 2 aromatic heterocycles. The molecule has 0 radical (unpaired) electrons. The smallest absolute Gasteiger partial charge is 0.194 e. The number of imidazole rings is 1. The monoisotopic (exact) mass is 276 g/mol. The second kappa shape index (κ2) is 4.41. The fourth-order valence-corrected chi connectivity index (χ4v) is 3.03. The summed E-state index contributed by atoms with van der Waals surface area (Å²) >= 11 is 7.48. The first-order valence-electron chi connectivity index (χ1n) is 5.78. The van der Waals surface area contributed by atoms with Crippen LogP contribution in [0.15, 0.2) is 29.8 Å². The Kier molecular flexibility index (Phi) is 2.88. The Morgan fingerprint density at radius 3 is 2.83 bits per heavy atom. The number of thiazole rings is 1. The van der Waals surface area contributed by atoms with Crippen LogP contribution in [0.3, 0.4) is 0 Å². The minimum atomic E-state index is 0.459. The van der Waals surface area contributed by atoms with Gasteiger partial charge in [-0.1, -0.05) is 12.1 Å². The van der Waals surface area contributed by atoms with E-state index in [-0.39, 0.29) is 0 Å². The normalized spacial score (nSPS) is 11.3. The molecule has 0 atom stereocenters. The first-order valence-corrected chi connectivity index (χ1v) is 7.19. The van der Waals surface area contributed by atoms with Gasteiger partial charge in [0.05, 0.1) is 17.3 Å². The number of aromatic nitrogens is 2. The Bertz CT molecular complexity index is 712. The predicted octanol–water partition coefficient (Wildman–Crippen LogP) is 4.42. The van der Waals surface area contributed by atoms with Crippen LogP contribution in [0.1, 0.15) is 16.8 Å². The van der Waals surface area contributed by atoms with Crippen molar-refractivity contribution in [3.63, 3.8) is 0 Å². The molecule has 2 nitrogen and oxygen atoms in total. The van der Waals surface area contributed by atoms with Crippen LogP contribution in [0.2, 0.25) is 0 Å². The van der Waals surface area contributed by atoms with Gasteiger partial charge < -0.3 is 0 Å². The molecule has 3 rings (SSSR count). The van der Waals surface area contributed by atoms with E-state index in [0.717, 1.165) is 10.7 Å². The molecule has 92 valence electrons. The third kappa shape index (κ3) is 1.84. The standard InChI is InChI=1S/C14H13ClN2S/c1-9-3-4-11(5-10(9)2)13-8-18-14-16-12(6-15)7-17(13)14/h3-5,7-8H,6H2,1-2H3. The molecule has 18 heavy (non-hydrogen) atoms. The SMILES string of the molecule is Cc1ccc(-c2csc3nc(CCl)cn23)cc1C. The number of hydrogen-bond acceptors (Lipinski definition) is 2. The highest BCUT2D eigenvalue weighted by Crippen LogP contribution is 2.28. The quantitative estimate of drug-likeness (QED) is 0.634. The van der Waals surface area contributed by atoms with E-state index in [1.165, 1.54) is 22.4 Å². The zero-order valence-corrected chi connectivity index (χ0v) is 11.8. The summed E-state index contributed by atoms with van der Waals surface area (Å²) in [7, 11) is 0. The fourth-order valence-electron chi connectivity index (χ4n) is 2.00. The van der Waals surface area contributed by atoms with Crippen molar-refractivity contribution >= 4 is 27.9 Å². The van der Waals surface area contributed by atoms with E-state index in [4.69, 9.17) is 11.6 Å². The first-order chi connectivity index (χ1) is 8.69. The van der Waals surface area contributed by atoms with Crippen LogP contribution in [0.25, 0.3) is 16.2 Å². The highest BCUT2D eigenvalue weighted by Gasteiger charge is 2.09. The minimum Gasteiger partial charge on any atom is -0.290 e. The Balaban J connectivity index is 2.18. The Hall–Kier alpha value is -1.32. The van der Waals surface area contributed by atoms with Gasteiger partial charge in [-0.3, -0.25) is 4.40 Å². The lowest BCUT2D eigenvalue weighted by atomic mass is 10.0. The molecule has 0 bridgehead atoms. The summed E-state index contributed by atoms with van der Waals surface area (Å²) in [5.74, 6) is 0.459. The molecule has 0 unspecified atom stereocenters. The van der Waals surface area contributed by atoms with Crippen molar-refractivity contribution in [3.05, 3.63) is 46.6 Å². The zero-order valence-electron chi connectivity index (χ0n) is 10.3. The van der Waals surface area contributed by atoms with Gasteiger partial charge in [0.1, 0.15) is 0 Å². The number of aryl methyl sites for hydroxylation is 2. The second-order valence-electron chi connectivity index (χ2n) is 4.44. The molecule has 0 saturated heterocycles. The van der Waals surface area contributed by atoms with Crippen molar-refractivity contribution in [1.29, 1.82) is 0 Å². The molecule has 0 aliphatic carbocycles. The third-order valence-electron chi connectivity index (χ3n) is 3.20. The highest BCUT2D eigenvalue weighted by atomic mass is 35.5. The molecule has 0 fully saturated rings. The second-order valence-corrected chi connectivity index (χ2v) is 5.54. The zero-order chi connectivity index (χ0) is 12.7. The van der Waals surface area contributed by atoms with Crippen molar-refractivity contribution in [3.8, 4) is 11.3 Å². The average Bonchev–Trinajstić information content (AvgIpc) is 2.92. The van der Waals surface area contributed by atoms with Crippen molar-refractivity contribution in [2.24, 2.45) is 0 Å². The predicted molar refractivity (Wildman–Crippen MR) is 77.5 cm³/mol. The Labute approximate surface area is 115 Å². The summed E-state index contributed by atoms with van der Waals surface area (Å²) in [4.78, 5) is 5.47. The molecule has 1 aromatic carbocycles. The maximum absolute atomic E-state index is 5.83. The van der Waals surface area contributed by atoms with Crippen LogP contribution in [0.4, 0.5) is 0 Å². The Morgan fingerprint density at radius 2 is 2.11 bits per heavy atom. The van der Waals surface area contributed by atoms with Gasteiger partial charge in [-0.25, -0.2) is 4.98 Å². The summed E-state index contributed by atoms with van der Waals surface area (Å²) in [6.45, 7) is 4.27. The number of hydrogen-bond donors (Lipinski definition) is 0. The first kappa shape index (κ1) is 11.8. The molecule has 0 aliphatic heterocycles. The molecule has 2 heterocycles. The summed E-state index contributed by atoms with van der Waals surface area (Å²) in [6.07, 6.45) is 2.02. The number of halogens is 1. The fraction of sp³-hybridized carbons (Fsp3) is 0.214. The van der Waals surface area contributed by atoms with Crippen LogP contribution >= 0.6 is 22.9 Å². The lowest BCUT2D eigenvalue weighted by Gasteiger charge is -2.04. The van der Waals surface area contributed by atoms with E-state index in [1.54, 1.807) is 11.3 Å². The van der Waals surface area contributed by atoms with Gasteiger partial charge in [-0.05, 0) is 36.6 Å². The minimum absolute atomic E-state index is 0.459. The van der Waals surface area contributed by atoms with Crippen molar-refractivity contribution in [1.82, 2.24) is 9.38 Å². The van der Waals surface area contributed by atoms with Gasteiger partial charge in [-0.2, -0.15) is 0 Å². The van der Waals surface area contributed by atoms with Crippen molar-refractivity contribution in [2.45, 2.75) is 19.7 Å². The topological polar surface area (TPSA) is 17.3 Å². The van der Waals surface area contributed by atoms with Crippen LogP contribution in [-0.4, -0.2) is 9.38 Å². The summed E-state index contributed by atoms with van der Waals surface area (Å²) in [5.41, 5.74) is 5.96. The van der Waals surface area contributed by atoms with Crippen molar-refractivity contribution in [2.75, 3.05) is 0 Å². The van der Waals surface area contributed by atoms with Crippen molar-refractivity contribution < 1.29 is 0 Å². The maximum atomic E-state index is 5.83. The summed E-state index contributed by atoms with van der Waals surface area (Å²) in [6, 6.07) is 6.54. The highest BCUT2D eigenvalue weighted by molar-refractivity contribution is 7.15. The largest absolute Gasteiger partial charge is 0.290 e. The number of nitrogens with zero attached hydrogens (tertiary/aromatic N) is 2. The molecule has 4 heteroatoms. The number of alkyl halides is 1. The average molecular weight is 277 g/mol. The van der Waals surface area contributed by atoms with Gasteiger partial charge in [0, 0.05) is 11.6 Å². The molecular weight excluding hydrogens is 264 g/mol. The lowest BCUT2D eigenvalue weighted by Crippen LogP contribution is -1.87.